The molecule has 0 aliphatic carbocycles. The summed E-state index contributed by atoms with van der Waals surface area (Å²) in [6.45, 7) is 8.24. The molecule has 2 saturated heterocycles. The van der Waals surface area contributed by atoms with Crippen LogP contribution in [-0.2, 0) is 28.4 Å². The van der Waals surface area contributed by atoms with Crippen LogP contribution in [0.5, 0.6) is 0 Å². The second-order valence-electron chi connectivity index (χ2n) is 8.70. The lowest BCUT2D eigenvalue weighted by Gasteiger charge is -2.39. The number of aliphatic hydroxyl groups is 1. The summed E-state index contributed by atoms with van der Waals surface area (Å²) < 4.78 is 33.9. The highest BCUT2D eigenvalue weighted by Gasteiger charge is 2.50. The normalized spacial score (nSPS) is 35.7. The maximum atomic E-state index is 10.7. The second kappa shape index (κ2) is 12.4. The fourth-order valence-electron chi connectivity index (χ4n) is 4.51. The zero-order chi connectivity index (χ0) is 23.1. The molecule has 2 aliphatic rings. The van der Waals surface area contributed by atoms with Crippen molar-refractivity contribution in [3.63, 3.8) is 0 Å². The van der Waals surface area contributed by atoms with Crippen molar-refractivity contribution >= 4 is 0 Å². The molecule has 2 heterocycles. The molecule has 2 rings (SSSR count). The van der Waals surface area contributed by atoms with Crippen LogP contribution < -0.4 is 0 Å². The molecule has 7 nitrogen and oxygen atoms in total. The predicted molar refractivity (Wildman–Crippen MR) is 119 cm³/mol. The van der Waals surface area contributed by atoms with Gasteiger partial charge in [-0.25, -0.2) is 0 Å². The molecule has 0 aromatic rings. The molecule has 180 valence electrons. The molecule has 0 bridgehead atoms. The van der Waals surface area contributed by atoms with E-state index in [-0.39, 0.29) is 48.5 Å². The molecule has 31 heavy (non-hydrogen) atoms. The van der Waals surface area contributed by atoms with Crippen LogP contribution >= 0.6 is 0 Å². The Morgan fingerprint density at radius 3 is 2.26 bits per heavy atom. The number of hydrogen-bond donors (Lipinski definition) is 1. The Bertz CT molecular complexity index is 588. The first kappa shape index (κ1) is 26.5. The Morgan fingerprint density at radius 1 is 1.03 bits per heavy atom. The van der Waals surface area contributed by atoms with Gasteiger partial charge in [-0.15, -0.1) is 0 Å². The molecule has 0 saturated carbocycles. The van der Waals surface area contributed by atoms with Crippen molar-refractivity contribution in [2.45, 2.75) is 89.6 Å². The summed E-state index contributed by atoms with van der Waals surface area (Å²) in [6, 6.07) is 0. The van der Waals surface area contributed by atoms with Gasteiger partial charge >= 0.3 is 0 Å². The third-order valence-electron chi connectivity index (χ3n) is 6.69. The first-order chi connectivity index (χ1) is 14.8. The molecule has 0 aromatic heterocycles. The summed E-state index contributed by atoms with van der Waals surface area (Å²) in [5, 5.41) is 10.7. The topological polar surface area (TPSA) is 78.9 Å². The minimum atomic E-state index is -0.551. The van der Waals surface area contributed by atoms with Crippen molar-refractivity contribution in [2.24, 2.45) is 11.8 Å². The number of rotatable bonds is 12. The van der Waals surface area contributed by atoms with Gasteiger partial charge in [0.1, 0.15) is 18.3 Å². The minimum Gasteiger partial charge on any atom is -0.390 e. The molecular weight excluding hydrogens is 400 g/mol. The smallest absolute Gasteiger partial charge is 0.184 e. The number of epoxide rings is 1. The van der Waals surface area contributed by atoms with Crippen LogP contribution in [0.1, 0.15) is 40.5 Å². The van der Waals surface area contributed by atoms with Crippen LogP contribution in [0.25, 0.3) is 0 Å². The van der Waals surface area contributed by atoms with Gasteiger partial charge in [-0.3, -0.25) is 0 Å². The largest absolute Gasteiger partial charge is 0.390 e. The maximum absolute atomic E-state index is 10.7. The van der Waals surface area contributed by atoms with Crippen molar-refractivity contribution in [2.75, 3.05) is 28.4 Å². The molecule has 0 amide bonds. The lowest BCUT2D eigenvalue weighted by Crippen LogP contribution is -2.49. The van der Waals surface area contributed by atoms with Crippen LogP contribution in [0.2, 0.25) is 0 Å². The van der Waals surface area contributed by atoms with Crippen LogP contribution in [0.4, 0.5) is 0 Å². The van der Waals surface area contributed by atoms with Crippen molar-refractivity contribution in [1.29, 1.82) is 0 Å². The molecule has 2 fully saturated rings. The first-order valence-electron chi connectivity index (χ1n) is 11.3. The Hall–Kier alpha value is -0.800. The van der Waals surface area contributed by atoms with E-state index in [2.05, 4.69) is 13.8 Å². The van der Waals surface area contributed by atoms with E-state index >= 15 is 0 Å². The Balaban J connectivity index is 1.93. The van der Waals surface area contributed by atoms with E-state index in [9.17, 15) is 5.11 Å². The van der Waals surface area contributed by atoms with Gasteiger partial charge in [0, 0.05) is 46.7 Å². The standard InChI is InChI=1S/C24H42O7/c1-9-17(26-5)16(4)22-23(30-22)20(25)14(2)11-10-12-15(3)21-18(27-6)13-19(28-7)24(29-8)31-21/h10-12,14,16-25H,9,13H2,1-8H3/b11-10+,15-12+/t14-,16+,17-,18-,19+,20+,21+,22+,23+,24+/m0/s1. The van der Waals surface area contributed by atoms with E-state index in [1.807, 2.05) is 32.1 Å². The van der Waals surface area contributed by atoms with Crippen LogP contribution in [0.15, 0.2) is 23.8 Å². The highest BCUT2D eigenvalue weighted by molar-refractivity contribution is 5.18. The number of aliphatic hydroxyl groups excluding tert-OH is 1. The monoisotopic (exact) mass is 442 g/mol. The molecular formula is C24H42O7. The van der Waals surface area contributed by atoms with Gasteiger partial charge in [-0.2, -0.15) is 0 Å². The zero-order valence-electron chi connectivity index (χ0n) is 20.3. The van der Waals surface area contributed by atoms with Crippen molar-refractivity contribution in [3.05, 3.63) is 23.8 Å². The first-order valence-corrected chi connectivity index (χ1v) is 11.3. The molecule has 10 atom stereocenters. The molecule has 0 unspecified atom stereocenters. The van der Waals surface area contributed by atoms with E-state index in [1.54, 1.807) is 28.4 Å². The van der Waals surface area contributed by atoms with Gasteiger partial charge in [0.25, 0.3) is 0 Å². The minimum absolute atomic E-state index is 0.0380. The fraction of sp³-hybridized carbons (Fsp3) is 0.833. The number of allylic oxidation sites excluding steroid dienone is 2. The summed E-state index contributed by atoms with van der Waals surface area (Å²) in [5.74, 6) is 0.219. The average molecular weight is 443 g/mol. The maximum Gasteiger partial charge on any atom is 0.184 e. The second-order valence-corrected chi connectivity index (χ2v) is 8.70. The molecule has 1 N–H and O–H groups in total. The fourth-order valence-corrected chi connectivity index (χ4v) is 4.51. The number of ether oxygens (including phenoxy) is 6. The molecule has 7 heteroatoms. The predicted octanol–water partition coefficient (Wildman–Crippen LogP) is 3.11. The summed E-state index contributed by atoms with van der Waals surface area (Å²) in [5.41, 5.74) is 1.03. The SMILES string of the molecule is CC[C@H](OC)[C@@H](C)[C@H]1O[C@@H]1[C@H](O)[C@@H](C)/C=C/C=C(\C)[C@H]1O[C@@H](OC)[C@H](OC)C[C@@H]1OC. The van der Waals surface area contributed by atoms with E-state index < -0.39 is 12.4 Å². The Morgan fingerprint density at radius 2 is 1.71 bits per heavy atom. The zero-order valence-corrected chi connectivity index (χ0v) is 20.3. The van der Waals surface area contributed by atoms with Crippen molar-refractivity contribution in [1.82, 2.24) is 0 Å². The average Bonchev–Trinajstić information content (AvgIpc) is 3.58. The van der Waals surface area contributed by atoms with Gasteiger partial charge in [-0.05, 0) is 18.9 Å². The lowest BCUT2D eigenvalue weighted by molar-refractivity contribution is -0.256. The number of hydrogen-bond acceptors (Lipinski definition) is 7. The van der Waals surface area contributed by atoms with E-state index in [0.717, 1.165) is 12.0 Å². The summed E-state index contributed by atoms with van der Waals surface area (Å²) in [7, 11) is 6.68. The molecule has 0 spiro atoms. The van der Waals surface area contributed by atoms with Crippen LogP contribution in [0, 0.1) is 11.8 Å². The van der Waals surface area contributed by atoms with E-state index in [0.29, 0.717) is 6.42 Å². The Labute approximate surface area is 187 Å². The van der Waals surface area contributed by atoms with Crippen LogP contribution in [-0.4, -0.2) is 82.6 Å². The third-order valence-corrected chi connectivity index (χ3v) is 6.69. The van der Waals surface area contributed by atoms with Gasteiger partial charge in [0.2, 0.25) is 0 Å². The van der Waals surface area contributed by atoms with Crippen LogP contribution in [0.3, 0.4) is 0 Å². The van der Waals surface area contributed by atoms with E-state index in [1.165, 1.54) is 0 Å². The lowest BCUT2D eigenvalue weighted by atomic mass is 9.91. The van der Waals surface area contributed by atoms with Gasteiger partial charge in [-0.1, -0.05) is 39.0 Å². The summed E-state index contributed by atoms with van der Waals surface area (Å²) in [6.07, 6.45) is 6.18. The van der Waals surface area contributed by atoms with Gasteiger partial charge in [0.15, 0.2) is 6.29 Å². The van der Waals surface area contributed by atoms with Gasteiger partial charge < -0.3 is 33.5 Å². The number of methoxy groups -OCH3 is 4. The summed E-state index contributed by atoms with van der Waals surface area (Å²) in [4.78, 5) is 0. The van der Waals surface area contributed by atoms with Gasteiger partial charge in [0.05, 0.1) is 24.4 Å². The Kier molecular flexibility index (Phi) is 10.6. The molecule has 0 aromatic carbocycles. The quantitative estimate of drug-likeness (QED) is 0.367. The highest BCUT2D eigenvalue weighted by Crippen LogP contribution is 2.37. The van der Waals surface area contributed by atoms with Crippen molar-refractivity contribution < 1.29 is 33.5 Å². The summed E-state index contributed by atoms with van der Waals surface area (Å²) >= 11 is 0. The van der Waals surface area contributed by atoms with E-state index in [4.69, 9.17) is 28.4 Å². The van der Waals surface area contributed by atoms with Crippen molar-refractivity contribution in [3.8, 4) is 0 Å². The third kappa shape index (κ3) is 6.60. The molecule has 0 radical (unpaired) electrons. The molecule has 2 aliphatic heterocycles. The highest BCUT2D eigenvalue weighted by atomic mass is 16.7.